The maximum Gasteiger partial charge on any atom is 0.217 e. The van der Waals surface area contributed by atoms with Crippen LogP contribution in [-0.2, 0) is 0 Å². The number of hydrogen-bond donors (Lipinski definition) is 2. The molecule has 32 heavy (non-hydrogen) atoms. The van der Waals surface area contributed by atoms with Gasteiger partial charge >= 0.3 is 0 Å². The second-order valence-corrected chi connectivity index (χ2v) is 8.18. The van der Waals surface area contributed by atoms with Gasteiger partial charge in [0.2, 0.25) is 6.54 Å². The number of aromatic nitrogens is 5. The van der Waals surface area contributed by atoms with Gasteiger partial charge in [-0.25, -0.2) is 16.5 Å². The molecule has 1 aromatic carbocycles. The van der Waals surface area contributed by atoms with Crippen LogP contribution in [0.15, 0.2) is 48.9 Å². The van der Waals surface area contributed by atoms with E-state index in [4.69, 9.17) is 6.57 Å². The quantitative estimate of drug-likeness (QED) is 0.321. The molecule has 0 bridgehead atoms. The van der Waals surface area contributed by atoms with E-state index in [9.17, 15) is 5.11 Å². The van der Waals surface area contributed by atoms with Crippen molar-refractivity contribution in [2.75, 3.05) is 6.54 Å². The zero-order valence-corrected chi connectivity index (χ0v) is 19.5. The number of halogens is 2. The monoisotopic (exact) mass is 486 g/mol. The summed E-state index contributed by atoms with van der Waals surface area (Å²) in [5.41, 5.74) is 6.88. The molecule has 5 aromatic rings. The van der Waals surface area contributed by atoms with Gasteiger partial charge in [-0.3, -0.25) is 9.50 Å². The van der Waals surface area contributed by atoms with Crippen molar-refractivity contribution in [1.82, 2.24) is 24.6 Å². The van der Waals surface area contributed by atoms with Crippen LogP contribution in [0.5, 0.6) is 0 Å². The number of aryl methyl sites for hydroxylation is 1. The van der Waals surface area contributed by atoms with E-state index in [1.807, 2.05) is 43.6 Å². The molecule has 5 rings (SSSR count). The van der Waals surface area contributed by atoms with Crippen molar-refractivity contribution in [3.63, 3.8) is 0 Å². The van der Waals surface area contributed by atoms with Gasteiger partial charge in [-0.05, 0) is 31.2 Å². The van der Waals surface area contributed by atoms with E-state index in [0.29, 0.717) is 18.0 Å². The van der Waals surface area contributed by atoms with E-state index in [2.05, 4.69) is 41.7 Å². The van der Waals surface area contributed by atoms with Gasteiger partial charge in [0, 0.05) is 28.6 Å². The number of aliphatic hydroxyl groups is 1. The molecule has 2 N–H and O–H groups in total. The lowest BCUT2D eigenvalue weighted by Crippen LogP contribution is -1.97. The number of hydrogen-bond acceptors (Lipinski definition) is 5. The van der Waals surface area contributed by atoms with Gasteiger partial charge in [0.25, 0.3) is 0 Å². The number of benzene rings is 1. The Balaban J connectivity index is 0.00000144. The average molecular weight is 487 g/mol. The standard InChI is InChI=1S/C22H18N6OS.2ClH/c1-13-16(10-25-27-13)15-4-6-21-24-11-18(28(21)12-15)14-3-5-17-20(9-14)30-22(26-17)19(29)7-8-23-2;;/h3-6,9-12,19,29H,7-8H2,1H3,(H,25,27);2*1H/t19-;;/m0../s1. The zero-order valence-electron chi connectivity index (χ0n) is 17.0. The van der Waals surface area contributed by atoms with Crippen LogP contribution < -0.4 is 0 Å². The molecule has 4 aromatic heterocycles. The maximum absolute atomic E-state index is 10.3. The molecule has 4 heterocycles. The van der Waals surface area contributed by atoms with Crippen LogP contribution in [0.1, 0.15) is 23.2 Å². The van der Waals surface area contributed by atoms with E-state index in [1.165, 1.54) is 11.3 Å². The van der Waals surface area contributed by atoms with Crippen LogP contribution in [0.3, 0.4) is 0 Å². The lowest BCUT2D eigenvalue weighted by molar-refractivity contribution is 0.172. The molecule has 0 radical (unpaired) electrons. The summed E-state index contributed by atoms with van der Waals surface area (Å²) in [5, 5.41) is 18.0. The van der Waals surface area contributed by atoms with Gasteiger partial charge in [0.05, 0.1) is 34.7 Å². The number of nitrogens with one attached hydrogen (secondary N) is 1. The summed E-state index contributed by atoms with van der Waals surface area (Å²) in [4.78, 5) is 12.4. The first-order chi connectivity index (χ1) is 14.6. The van der Waals surface area contributed by atoms with Crippen LogP contribution in [0.4, 0.5) is 0 Å². The lowest BCUT2D eigenvalue weighted by atomic mass is 10.1. The van der Waals surface area contributed by atoms with Crippen LogP contribution in [0.2, 0.25) is 0 Å². The molecule has 0 aliphatic carbocycles. The highest BCUT2D eigenvalue weighted by Crippen LogP contribution is 2.32. The lowest BCUT2D eigenvalue weighted by Gasteiger charge is -2.05. The third-order valence-electron chi connectivity index (χ3n) is 5.15. The van der Waals surface area contributed by atoms with Gasteiger partial charge in [0.15, 0.2) is 0 Å². The van der Waals surface area contributed by atoms with E-state index in [0.717, 1.165) is 43.9 Å². The van der Waals surface area contributed by atoms with Crippen LogP contribution in [-0.4, -0.2) is 36.2 Å². The molecule has 0 spiro atoms. The zero-order chi connectivity index (χ0) is 20.7. The molecule has 0 saturated carbocycles. The highest BCUT2D eigenvalue weighted by atomic mass is 35.5. The fourth-order valence-electron chi connectivity index (χ4n) is 3.55. The second-order valence-electron chi connectivity index (χ2n) is 7.12. The Morgan fingerprint density at radius 1 is 1.19 bits per heavy atom. The minimum Gasteiger partial charge on any atom is -0.386 e. The number of H-pyrrole nitrogens is 1. The highest BCUT2D eigenvalue weighted by Gasteiger charge is 2.16. The molecule has 0 unspecified atom stereocenters. The highest BCUT2D eigenvalue weighted by molar-refractivity contribution is 7.18. The van der Waals surface area contributed by atoms with Crippen LogP contribution in [0, 0.1) is 13.5 Å². The van der Waals surface area contributed by atoms with Gasteiger partial charge in [0.1, 0.15) is 16.8 Å². The SMILES string of the molecule is Cl.Cl.[C-]#[N+]CC[C@H](O)c1nc2ccc(-c3cnc4ccc(-c5cn[nH]c5C)cn34)cc2s1. The first kappa shape index (κ1) is 23.7. The minimum atomic E-state index is -0.698. The number of thiazole rings is 1. The molecule has 0 saturated heterocycles. The molecule has 164 valence electrons. The van der Waals surface area contributed by atoms with Crippen molar-refractivity contribution in [3.8, 4) is 22.4 Å². The average Bonchev–Trinajstić information content (AvgIpc) is 3.48. The summed E-state index contributed by atoms with van der Waals surface area (Å²) in [6.07, 6.45) is 5.48. The third kappa shape index (κ3) is 4.20. The Kier molecular flexibility index (Phi) is 7.16. The Bertz CT molecular complexity index is 1420. The van der Waals surface area contributed by atoms with Gasteiger partial charge in [-0.1, -0.05) is 6.07 Å². The summed E-state index contributed by atoms with van der Waals surface area (Å²) in [6, 6.07) is 10.1. The van der Waals surface area contributed by atoms with E-state index in [1.54, 1.807) is 0 Å². The topological polar surface area (TPSA) is 83.5 Å². The number of imidazole rings is 1. The summed E-state index contributed by atoms with van der Waals surface area (Å²) in [6.45, 7) is 9.19. The molecule has 0 aliphatic rings. The Hall–Kier alpha value is -2.96. The number of fused-ring (bicyclic) bond motifs is 2. The van der Waals surface area contributed by atoms with Crippen molar-refractivity contribution in [1.29, 1.82) is 0 Å². The second kappa shape index (κ2) is 9.67. The first-order valence-corrected chi connectivity index (χ1v) is 10.4. The van der Waals surface area contributed by atoms with E-state index in [-0.39, 0.29) is 24.8 Å². The summed E-state index contributed by atoms with van der Waals surface area (Å²) in [5.74, 6) is 0. The normalized spacial score (nSPS) is 11.7. The number of nitrogens with zero attached hydrogens (tertiary/aromatic N) is 5. The van der Waals surface area contributed by atoms with E-state index < -0.39 is 6.10 Å². The van der Waals surface area contributed by atoms with Crippen LogP contribution in [0.25, 0.3) is 43.1 Å². The Morgan fingerprint density at radius 2 is 2.00 bits per heavy atom. The van der Waals surface area contributed by atoms with Gasteiger partial charge in [-0.2, -0.15) is 5.10 Å². The van der Waals surface area contributed by atoms with Crippen molar-refractivity contribution in [3.05, 3.63) is 71.0 Å². The van der Waals surface area contributed by atoms with Gasteiger partial charge in [-0.15, -0.1) is 36.2 Å². The molecular weight excluding hydrogens is 467 g/mol. The number of aliphatic hydroxyl groups excluding tert-OH is 1. The Morgan fingerprint density at radius 3 is 2.75 bits per heavy atom. The van der Waals surface area contributed by atoms with E-state index >= 15 is 0 Å². The molecular formula is C22H20Cl2N6OS. The minimum absolute atomic E-state index is 0. The largest absolute Gasteiger partial charge is 0.386 e. The first-order valence-electron chi connectivity index (χ1n) is 9.53. The molecule has 1 atom stereocenters. The smallest absolute Gasteiger partial charge is 0.217 e. The predicted octanol–water partition coefficient (Wildman–Crippen LogP) is 5.50. The number of aromatic amines is 1. The molecule has 0 amide bonds. The third-order valence-corrected chi connectivity index (χ3v) is 6.27. The number of rotatable bonds is 5. The molecule has 0 fully saturated rings. The molecule has 7 nitrogen and oxygen atoms in total. The fraction of sp³-hybridized carbons (Fsp3) is 0.182. The molecule has 0 aliphatic heterocycles. The van der Waals surface area contributed by atoms with Crippen molar-refractivity contribution in [2.24, 2.45) is 0 Å². The van der Waals surface area contributed by atoms with Crippen molar-refractivity contribution < 1.29 is 5.11 Å². The van der Waals surface area contributed by atoms with Crippen molar-refractivity contribution in [2.45, 2.75) is 19.4 Å². The summed E-state index contributed by atoms with van der Waals surface area (Å²) < 4.78 is 3.08. The van der Waals surface area contributed by atoms with Crippen LogP contribution >= 0.6 is 36.2 Å². The maximum atomic E-state index is 10.3. The molecule has 10 heteroatoms. The summed E-state index contributed by atoms with van der Waals surface area (Å²) >= 11 is 1.47. The fourth-order valence-corrected chi connectivity index (χ4v) is 4.58. The summed E-state index contributed by atoms with van der Waals surface area (Å²) in [7, 11) is 0. The van der Waals surface area contributed by atoms with Crippen molar-refractivity contribution >= 4 is 52.0 Å². The predicted molar refractivity (Wildman–Crippen MR) is 132 cm³/mol. The van der Waals surface area contributed by atoms with Gasteiger partial charge < -0.3 is 9.95 Å². The number of pyridine rings is 1. The Labute approximate surface area is 200 Å².